The van der Waals surface area contributed by atoms with Gasteiger partial charge in [-0.25, -0.2) is 0 Å². The van der Waals surface area contributed by atoms with E-state index in [1.807, 2.05) is 40.3 Å². The Labute approximate surface area is 121 Å². The number of methoxy groups -OCH3 is 1. The lowest BCUT2D eigenvalue weighted by Crippen LogP contribution is -2.11. The fourth-order valence-electron chi connectivity index (χ4n) is 2.28. The van der Waals surface area contributed by atoms with Gasteiger partial charge < -0.3 is 14.5 Å². The third kappa shape index (κ3) is 2.72. The van der Waals surface area contributed by atoms with Crippen LogP contribution in [0.4, 0.5) is 11.4 Å². The fraction of sp³-hybridized carbons (Fsp3) is 0.294. The van der Waals surface area contributed by atoms with Crippen molar-refractivity contribution in [2.45, 2.75) is 0 Å². The first-order chi connectivity index (χ1) is 9.54. The van der Waals surface area contributed by atoms with Gasteiger partial charge in [0.05, 0.1) is 7.11 Å². The highest BCUT2D eigenvalue weighted by atomic mass is 16.5. The van der Waals surface area contributed by atoms with Gasteiger partial charge in [0.2, 0.25) is 0 Å². The van der Waals surface area contributed by atoms with Crippen molar-refractivity contribution in [3.8, 4) is 16.9 Å². The molecule has 0 spiro atoms. The molecule has 0 saturated carbocycles. The van der Waals surface area contributed by atoms with E-state index in [1.54, 1.807) is 7.11 Å². The molecule has 20 heavy (non-hydrogen) atoms. The molecule has 0 saturated heterocycles. The summed E-state index contributed by atoms with van der Waals surface area (Å²) in [5.74, 6) is 0.897. The summed E-state index contributed by atoms with van der Waals surface area (Å²) in [7, 11) is 9.90. The minimum atomic E-state index is 0.897. The first-order valence-corrected chi connectivity index (χ1v) is 6.66. The van der Waals surface area contributed by atoms with Crippen LogP contribution in [0.1, 0.15) is 0 Å². The molecule has 0 N–H and O–H groups in total. The first kappa shape index (κ1) is 14.3. The maximum absolute atomic E-state index is 5.53. The van der Waals surface area contributed by atoms with Gasteiger partial charge in [0.15, 0.2) is 0 Å². The van der Waals surface area contributed by atoms with Crippen molar-refractivity contribution in [1.82, 2.24) is 0 Å². The molecule has 2 aromatic rings. The third-order valence-electron chi connectivity index (χ3n) is 3.38. The molecule has 2 aromatic carbocycles. The van der Waals surface area contributed by atoms with Crippen LogP contribution < -0.4 is 14.5 Å². The minimum Gasteiger partial charge on any atom is -0.496 e. The van der Waals surface area contributed by atoms with Crippen molar-refractivity contribution in [2.75, 3.05) is 45.1 Å². The highest BCUT2D eigenvalue weighted by molar-refractivity contribution is 5.84. The van der Waals surface area contributed by atoms with E-state index in [-0.39, 0.29) is 0 Å². The molecule has 0 radical (unpaired) electrons. The summed E-state index contributed by atoms with van der Waals surface area (Å²) in [6.45, 7) is 0. The van der Waals surface area contributed by atoms with Crippen LogP contribution in [0.3, 0.4) is 0 Å². The van der Waals surface area contributed by atoms with Gasteiger partial charge in [-0.1, -0.05) is 18.2 Å². The van der Waals surface area contributed by atoms with Crippen LogP contribution in [0.15, 0.2) is 42.5 Å². The van der Waals surface area contributed by atoms with Crippen molar-refractivity contribution in [1.29, 1.82) is 0 Å². The van der Waals surface area contributed by atoms with Crippen molar-refractivity contribution in [3.63, 3.8) is 0 Å². The summed E-state index contributed by atoms with van der Waals surface area (Å²) < 4.78 is 5.53. The molecule has 0 bridgehead atoms. The van der Waals surface area contributed by atoms with Gasteiger partial charge in [-0.15, -0.1) is 0 Å². The summed E-state index contributed by atoms with van der Waals surface area (Å²) >= 11 is 0. The van der Waals surface area contributed by atoms with E-state index >= 15 is 0 Å². The summed E-state index contributed by atoms with van der Waals surface area (Å²) in [5, 5.41) is 0. The van der Waals surface area contributed by atoms with Crippen molar-refractivity contribution in [2.24, 2.45) is 0 Å². The molecule has 0 aliphatic rings. The van der Waals surface area contributed by atoms with E-state index in [2.05, 4.69) is 40.1 Å². The quantitative estimate of drug-likeness (QED) is 0.845. The molecular weight excluding hydrogens is 248 g/mol. The second-order valence-corrected chi connectivity index (χ2v) is 5.19. The largest absolute Gasteiger partial charge is 0.496 e. The van der Waals surface area contributed by atoms with E-state index < -0.39 is 0 Å². The molecule has 0 amide bonds. The van der Waals surface area contributed by atoms with E-state index in [0.717, 1.165) is 22.6 Å². The number of rotatable bonds is 4. The summed E-state index contributed by atoms with van der Waals surface area (Å²) in [6.07, 6.45) is 0. The summed E-state index contributed by atoms with van der Waals surface area (Å²) in [4.78, 5) is 4.20. The van der Waals surface area contributed by atoms with Gasteiger partial charge >= 0.3 is 0 Å². The van der Waals surface area contributed by atoms with E-state index in [9.17, 15) is 0 Å². The molecule has 2 rings (SSSR count). The second kappa shape index (κ2) is 5.87. The maximum atomic E-state index is 5.53. The van der Waals surface area contributed by atoms with Crippen LogP contribution >= 0.6 is 0 Å². The van der Waals surface area contributed by atoms with Gasteiger partial charge in [-0.2, -0.15) is 0 Å². The zero-order chi connectivity index (χ0) is 14.7. The van der Waals surface area contributed by atoms with Gasteiger partial charge in [0.1, 0.15) is 5.75 Å². The van der Waals surface area contributed by atoms with Crippen LogP contribution in [-0.2, 0) is 0 Å². The van der Waals surface area contributed by atoms with Crippen LogP contribution in [0.5, 0.6) is 5.75 Å². The summed E-state index contributed by atoms with van der Waals surface area (Å²) in [6, 6.07) is 14.7. The second-order valence-electron chi connectivity index (χ2n) is 5.19. The Morgan fingerprint density at radius 2 is 1.45 bits per heavy atom. The Bertz CT molecular complexity index is 574. The molecule has 0 aliphatic heterocycles. The zero-order valence-electron chi connectivity index (χ0n) is 12.8. The number of ether oxygens (including phenoxy) is 1. The van der Waals surface area contributed by atoms with Crippen molar-refractivity contribution < 1.29 is 4.74 Å². The molecule has 0 unspecified atom stereocenters. The molecule has 0 atom stereocenters. The molecular formula is C17H22N2O. The van der Waals surface area contributed by atoms with Gasteiger partial charge in [0.25, 0.3) is 0 Å². The molecule has 0 heterocycles. The normalized spacial score (nSPS) is 10.2. The zero-order valence-corrected chi connectivity index (χ0v) is 12.8. The number of benzene rings is 2. The van der Waals surface area contributed by atoms with Gasteiger partial charge in [0, 0.05) is 45.1 Å². The smallest absolute Gasteiger partial charge is 0.128 e. The van der Waals surface area contributed by atoms with Crippen LogP contribution in [0.25, 0.3) is 11.1 Å². The van der Waals surface area contributed by atoms with Gasteiger partial charge in [-0.3, -0.25) is 0 Å². The molecule has 0 aromatic heterocycles. The average molecular weight is 270 g/mol. The molecule has 0 fully saturated rings. The molecule has 0 aliphatic carbocycles. The predicted molar refractivity (Wildman–Crippen MR) is 87.1 cm³/mol. The Kier molecular flexibility index (Phi) is 4.18. The Balaban J connectivity index is 2.55. The number of hydrogen-bond donors (Lipinski definition) is 0. The third-order valence-corrected chi connectivity index (χ3v) is 3.38. The van der Waals surface area contributed by atoms with E-state index in [4.69, 9.17) is 4.74 Å². The standard InChI is InChI=1S/C17H22N2O/c1-18(2)14-11-9-13(10-12-14)17-15(19(3)4)7-6-8-16(17)20-5/h6-12H,1-5H3. The minimum absolute atomic E-state index is 0.897. The summed E-state index contributed by atoms with van der Waals surface area (Å²) in [5.41, 5.74) is 4.64. The topological polar surface area (TPSA) is 15.7 Å². The fourth-order valence-corrected chi connectivity index (χ4v) is 2.28. The number of anilines is 2. The van der Waals surface area contributed by atoms with E-state index in [0.29, 0.717) is 0 Å². The Hall–Kier alpha value is -2.16. The van der Waals surface area contributed by atoms with Gasteiger partial charge in [-0.05, 0) is 29.8 Å². The lowest BCUT2D eigenvalue weighted by molar-refractivity contribution is 0.416. The molecule has 3 heteroatoms. The highest BCUT2D eigenvalue weighted by Gasteiger charge is 2.12. The van der Waals surface area contributed by atoms with Crippen LogP contribution in [0.2, 0.25) is 0 Å². The lowest BCUT2D eigenvalue weighted by Gasteiger charge is -2.20. The first-order valence-electron chi connectivity index (χ1n) is 6.66. The monoisotopic (exact) mass is 270 g/mol. The average Bonchev–Trinajstić information content (AvgIpc) is 2.46. The lowest BCUT2D eigenvalue weighted by atomic mass is 10.0. The number of nitrogens with zero attached hydrogens (tertiary/aromatic N) is 2. The maximum Gasteiger partial charge on any atom is 0.128 e. The SMILES string of the molecule is COc1cccc(N(C)C)c1-c1ccc(N(C)C)cc1. The number of hydrogen-bond acceptors (Lipinski definition) is 3. The Morgan fingerprint density at radius 3 is 1.95 bits per heavy atom. The highest BCUT2D eigenvalue weighted by Crippen LogP contribution is 2.38. The molecule has 106 valence electrons. The predicted octanol–water partition coefficient (Wildman–Crippen LogP) is 3.49. The van der Waals surface area contributed by atoms with Crippen molar-refractivity contribution >= 4 is 11.4 Å². The Morgan fingerprint density at radius 1 is 0.800 bits per heavy atom. The van der Waals surface area contributed by atoms with Crippen LogP contribution in [0, 0.1) is 0 Å². The van der Waals surface area contributed by atoms with Crippen molar-refractivity contribution in [3.05, 3.63) is 42.5 Å². The molecule has 3 nitrogen and oxygen atoms in total. The van der Waals surface area contributed by atoms with Crippen LogP contribution in [-0.4, -0.2) is 35.3 Å². The van der Waals surface area contributed by atoms with E-state index in [1.165, 1.54) is 5.69 Å².